The molecule has 3 aromatic rings. The van der Waals surface area contributed by atoms with Crippen molar-refractivity contribution in [2.24, 2.45) is 0 Å². The Kier molecular flexibility index (Phi) is 7.82. The zero-order chi connectivity index (χ0) is 25.9. The molecular weight excluding hydrogens is 500 g/mol. The van der Waals surface area contributed by atoms with E-state index in [1.54, 1.807) is 59.5 Å². The second kappa shape index (κ2) is 10.9. The largest absolute Gasteiger partial charge is 0.337 e. The number of nitrogens with one attached hydrogen (secondary N) is 1. The lowest BCUT2D eigenvalue weighted by molar-refractivity contribution is -0.127. The number of nitrogens with zero attached hydrogens (tertiary/aromatic N) is 3. The first-order valence-corrected chi connectivity index (χ1v) is 13.6. The van der Waals surface area contributed by atoms with Gasteiger partial charge in [0.1, 0.15) is 5.70 Å². The van der Waals surface area contributed by atoms with E-state index in [2.05, 4.69) is 5.32 Å². The van der Waals surface area contributed by atoms with E-state index in [-0.39, 0.29) is 22.2 Å². The van der Waals surface area contributed by atoms with Crippen LogP contribution in [-0.4, -0.2) is 60.6 Å². The predicted molar refractivity (Wildman–Crippen MR) is 142 cm³/mol. The monoisotopic (exact) mass is 528 g/mol. The fourth-order valence-corrected chi connectivity index (χ4v) is 5.47. The van der Waals surface area contributed by atoms with Crippen molar-refractivity contribution >= 4 is 50.6 Å². The third-order valence-electron chi connectivity index (χ3n) is 6.21. The molecule has 2 aromatic carbocycles. The summed E-state index contributed by atoms with van der Waals surface area (Å²) in [6.07, 6.45) is 6.88. The lowest BCUT2D eigenvalue weighted by Gasteiger charge is -2.22. The smallest absolute Gasteiger partial charge is 0.307 e. The van der Waals surface area contributed by atoms with Gasteiger partial charge in [0.15, 0.2) is 0 Å². The molecule has 0 spiro atoms. The SMILES string of the molecule is CN(C)S(=O)(=O)n1cc(/C=C(\NC(=O)c2ccccc2Cl)C(=O)N2CCCCCC2)c2ccccc21. The van der Waals surface area contributed by atoms with Gasteiger partial charge in [0.2, 0.25) is 0 Å². The van der Waals surface area contributed by atoms with E-state index in [4.69, 9.17) is 11.6 Å². The summed E-state index contributed by atoms with van der Waals surface area (Å²) in [4.78, 5) is 28.5. The number of halogens is 1. The number of fused-ring (bicyclic) bond motifs is 1. The average molecular weight is 529 g/mol. The van der Waals surface area contributed by atoms with E-state index in [1.807, 2.05) is 0 Å². The number of carbonyl (C=O) groups is 2. The number of hydrogen-bond donors (Lipinski definition) is 1. The molecular formula is C26H29ClN4O4S. The van der Waals surface area contributed by atoms with Crippen molar-refractivity contribution < 1.29 is 18.0 Å². The van der Waals surface area contributed by atoms with Crippen molar-refractivity contribution in [1.29, 1.82) is 0 Å². The van der Waals surface area contributed by atoms with Crippen LogP contribution in [0.5, 0.6) is 0 Å². The van der Waals surface area contributed by atoms with Gasteiger partial charge >= 0.3 is 10.2 Å². The van der Waals surface area contributed by atoms with E-state index in [0.717, 1.165) is 30.0 Å². The molecule has 10 heteroatoms. The minimum absolute atomic E-state index is 0.0620. The lowest BCUT2D eigenvalue weighted by Crippen LogP contribution is -2.39. The van der Waals surface area contributed by atoms with Gasteiger partial charge in [0.05, 0.1) is 16.1 Å². The van der Waals surface area contributed by atoms with Gasteiger partial charge in [0, 0.05) is 44.3 Å². The summed E-state index contributed by atoms with van der Waals surface area (Å²) in [5, 5.41) is 3.66. The van der Waals surface area contributed by atoms with Gasteiger partial charge in [0.25, 0.3) is 11.8 Å². The number of rotatable bonds is 6. The average Bonchev–Trinajstić information content (AvgIpc) is 3.02. The van der Waals surface area contributed by atoms with Crippen LogP contribution in [0.15, 0.2) is 60.4 Å². The Morgan fingerprint density at radius 3 is 2.28 bits per heavy atom. The van der Waals surface area contributed by atoms with Gasteiger partial charge in [-0.3, -0.25) is 9.59 Å². The highest BCUT2D eigenvalue weighted by atomic mass is 35.5. The van der Waals surface area contributed by atoms with Crippen molar-refractivity contribution in [1.82, 2.24) is 18.5 Å². The van der Waals surface area contributed by atoms with Crippen molar-refractivity contribution in [2.45, 2.75) is 25.7 Å². The van der Waals surface area contributed by atoms with Crippen LogP contribution >= 0.6 is 11.6 Å². The zero-order valence-electron chi connectivity index (χ0n) is 20.3. The van der Waals surface area contributed by atoms with E-state index >= 15 is 0 Å². The fourth-order valence-electron chi connectivity index (χ4n) is 4.24. The summed E-state index contributed by atoms with van der Waals surface area (Å²) in [5.41, 5.74) is 1.27. The van der Waals surface area contributed by atoms with Crippen LogP contribution in [0, 0.1) is 0 Å². The molecule has 1 aliphatic heterocycles. The van der Waals surface area contributed by atoms with Crippen LogP contribution in [0.3, 0.4) is 0 Å². The van der Waals surface area contributed by atoms with Gasteiger partial charge in [-0.1, -0.05) is 54.8 Å². The van der Waals surface area contributed by atoms with Crippen LogP contribution in [0.1, 0.15) is 41.6 Å². The highest BCUT2D eigenvalue weighted by Crippen LogP contribution is 2.26. The Morgan fingerprint density at radius 2 is 1.61 bits per heavy atom. The minimum atomic E-state index is -3.82. The van der Waals surface area contributed by atoms with E-state index in [1.165, 1.54) is 24.3 Å². The van der Waals surface area contributed by atoms with Crippen LogP contribution in [-0.2, 0) is 15.0 Å². The first kappa shape index (κ1) is 25.9. The van der Waals surface area contributed by atoms with Crippen molar-refractivity contribution in [2.75, 3.05) is 27.2 Å². The number of hydrogen-bond acceptors (Lipinski definition) is 4. The molecule has 8 nitrogen and oxygen atoms in total. The maximum Gasteiger partial charge on any atom is 0.307 e. The Hall–Kier alpha value is -3.14. The maximum absolute atomic E-state index is 13.6. The highest BCUT2D eigenvalue weighted by molar-refractivity contribution is 7.87. The number of likely N-dealkylation sites (tertiary alicyclic amines) is 1. The Labute approximate surface area is 216 Å². The molecule has 0 bridgehead atoms. The molecule has 1 aromatic heterocycles. The summed E-state index contributed by atoms with van der Waals surface area (Å²) >= 11 is 6.22. The maximum atomic E-state index is 13.6. The molecule has 0 saturated carbocycles. The predicted octanol–water partition coefficient (Wildman–Crippen LogP) is 4.12. The molecule has 0 unspecified atom stereocenters. The standard InChI is InChI=1S/C26H29ClN4O4S/c1-29(2)36(34,35)31-18-19(20-11-6-8-14-24(20)31)17-23(26(33)30-15-9-3-4-10-16-30)28-25(32)21-12-5-7-13-22(21)27/h5-8,11-14,17-18H,3-4,9-10,15-16H2,1-2H3,(H,28,32)/b23-17-. The third kappa shape index (κ3) is 5.33. The third-order valence-corrected chi connectivity index (χ3v) is 8.26. The Morgan fingerprint density at radius 1 is 0.972 bits per heavy atom. The van der Waals surface area contributed by atoms with E-state index in [0.29, 0.717) is 29.6 Å². The molecule has 190 valence electrons. The molecule has 1 N–H and O–H groups in total. The summed E-state index contributed by atoms with van der Waals surface area (Å²) in [7, 11) is -0.903. The molecule has 1 fully saturated rings. The lowest BCUT2D eigenvalue weighted by atomic mass is 10.1. The zero-order valence-corrected chi connectivity index (χ0v) is 21.8. The van der Waals surface area contributed by atoms with Crippen molar-refractivity contribution in [3.8, 4) is 0 Å². The minimum Gasteiger partial charge on any atom is -0.337 e. The van der Waals surface area contributed by atoms with Crippen LogP contribution in [0.2, 0.25) is 5.02 Å². The topological polar surface area (TPSA) is 91.7 Å². The molecule has 2 amide bonds. The van der Waals surface area contributed by atoms with Crippen LogP contribution in [0.4, 0.5) is 0 Å². The molecule has 2 heterocycles. The summed E-state index contributed by atoms with van der Waals surface area (Å²) in [6.45, 7) is 1.18. The summed E-state index contributed by atoms with van der Waals surface area (Å²) in [6, 6.07) is 13.6. The van der Waals surface area contributed by atoms with Crippen molar-refractivity contribution in [3.63, 3.8) is 0 Å². The first-order valence-electron chi connectivity index (χ1n) is 11.8. The second-order valence-electron chi connectivity index (χ2n) is 8.89. The number of para-hydroxylation sites is 1. The molecule has 1 aliphatic rings. The quantitative estimate of drug-likeness (QED) is 0.487. The molecule has 0 aliphatic carbocycles. The van der Waals surface area contributed by atoms with Crippen LogP contribution < -0.4 is 5.32 Å². The van der Waals surface area contributed by atoms with Gasteiger partial charge in [-0.25, -0.2) is 3.97 Å². The number of aromatic nitrogens is 1. The van der Waals surface area contributed by atoms with Gasteiger partial charge in [-0.15, -0.1) is 0 Å². The summed E-state index contributed by atoms with van der Waals surface area (Å²) in [5.74, 6) is -0.829. The van der Waals surface area contributed by atoms with Gasteiger partial charge in [-0.05, 0) is 37.1 Å². The van der Waals surface area contributed by atoms with Gasteiger partial charge < -0.3 is 10.2 Å². The van der Waals surface area contributed by atoms with Crippen molar-refractivity contribution in [3.05, 3.63) is 76.6 Å². The summed E-state index contributed by atoms with van der Waals surface area (Å²) < 4.78 is 28.2. The number of amides is 2. The Bertz CT molecular complexity index is 1420. The van der Waals surface area contributed by atoms with E-state index < -0.39 is 16.1 Å². The Balaban J connectivity index is 1.82. The molecule has 0 radical (unpaired) electrons. The second-order valence-corrected chi connectivity index (χ2v) is 11.3. The van der Waals surface area contributed by atoms with Gasteiger partial charge in [-0.2, -0.15) is 12.7 Å². The first-order chi connectivity index (χ1) is 17.2. The van der Waals surface area contributed by atoms with Crippen LogP contribution in [0.25, 0.3) is 17.0 Å². The fraction of sp³-hybridized carbons (Fsp3) is 0.308. The normalized spacial score (nSPS) is 15.2. The molecule has 0 atom stereocenters. The number of benzene rings is 2. The van der Waals surface area contributed by atoms with E-state index in [9.17, 15) is 18.0 Å². The molecule has 4 rings (SSSR count). The number of carbonyl (C=O) groups excluding carboxylic acids is 2. The highest BCUT2D eigenvalue weighted by Gasteiger charge is 2.25. The molecule has 1 saturated heterocycles. The molecule has 36 heavy (non-hydrogen) atoms.